The summed E-state index contributed by atoms with van der Waals surface area (Å²) < 4.78 is 1.22. The van der Waals surface area contributed by atoms with Crippen LogP contribution in [0.1, 0.15) is 50.6 Å². The van der Waals surface area contributed by atoms with Gasteiger partial charge in [-0.2, -0.15) is 0 Å². The summed E-state index contributed by atoms with van der Waals surface area (Å²) in [5, 5.41) is 3.14. The maximum absolute atomic E-state index is 12.1. The normalized spacial score (nSPS) is 18.3. The number of rotatable bonds is 3. The van der Waals surface area contributed by atoms with Crippen molar-refractivity contribution in [2.45, 2.75) is 45.1 Å². The lowest BCUT2D eigenvalue weighted by molar-refractivity contribution is -0.126. The van der Waals surface area contributed by atoms with E-state index in [2.05, 4.69) is 59.1 Å². The Kier molecular flexibility index (Phi) is 5.03. The maximum Gasteiger partial charge on any atom is 0.223 e. The molecule has 18 heavy (non-hydrogen) atoms. The Balaban J connectivity index is 1.91. The first kappa shape index (κ1) is 13.8. The molecule has 1 atom stereocenters. The van der Waals surface area contributed by atoms with Gasteiger partial charge in [0.15, 0.2) is 0 Å². The Bertz CT molecular complexity index is 395. The first-order valence-corrected chi connectivity index (χ1v) is 7.80. The van der Waals surface area contributed by atoms with Crippen LogP contribution in [0.4, 0.5) is 0 Å². The van der Waals surface area contributed by atoms with Gasteiger partial charge in [0.2, 0.25) is 5.91 Å². The summed E-state index contributed by atoms with van der Waals surface area (Å²) in [5.41, 5.74) is 1.18. The van der Waals surface area contributed by atoms with E-state index in [-0.39, 0.29) is 17.9 Å². The third-order valence-corrected chi connectivity index (χ3v) is 4.42. The van der Waals surface area contributed by atoms with Gasteiger partial charge in [0, 0.05) is 9.49 Å². The quantitative estimate of drug-likeness (QED) is 0.813. The molecule has 1 fully saturated rings. The zero-order valence-corrected chi connectivity index (χ0v) is 12.9. The Morgan fingerprint density at radius 2 is 1.83 bits per heavy atom. The van der Waals surface area contributed by atoms with Crippen molar-refractivity contribution in [3.05, 3.63) is 33.4 Å². The summed E-state index contributed by atoms with van der Waals surface area (Å²) in [6.45, 7) is 2.06. The third kappa shape index (κ3) is 3.70. The highest BCUT2D eigenvalue weighted by Gasteiger charge is 2.22. The van der Waals surface area contributed by atoms with Gasteiger partial charge in [-0.15, -0.1) is 0 Å². The predicted octanol–water partition coefficient (Wildman–Crippen LogP) is 4.05. The largest absolute Gasteiger partial charge is 0.349 e. The highest BCUT2D eigenvalue weighted by Crippen LogP contribution is 2.24. The summed E-state index contributed by atoms with van der Waals surface area (Å²) in [4.78, 5) is 12.1. The summed E-state index contributed by atoms with van der Waals surface area (Å²) in [6, 6.07) is 8.45. The Morgan fingerprint density at radius 3 is 2.44 bits per heavy atom. The first-order valence-electron chi connectivity index (χ1n) is 6.72. The molecular formula is C15H20INO. The molecule has 1 N–H and O–H groups in total. The lowest BCUT2D eigenvalue weighted by atomic mass is 9.88. The van der Waals surface area contributed by atoms with Gasteiger partial charge in [-0.1, -0.05) is 31.4 Å². The molecule has 0 aliphatic heterocycles. The molecule has 2 rings (SSSR count). The Morgan fingerprint density at radius 1 is 1.22 bits per heavy atom. The van der Waals surface area contributed by atoms with E-state index >= 15 is 0 Å². The average Bonchev–Trinajstić information content (AvgIpc) is 2.40. The van der Waals surface area contributed by atoms with Crippen LogP contribution in [0.15, 0.2) is 24.3 Å². The molecule has 1 saturated carbocycles. The molecule has 0 heterocycles. The van der Waals surface area contributed by atoms with E-state index in [1.165, 1.54) is 28.4 Å². The first-order chi connectivity index (χ1) is 8.66. The van der Waals surface area contributed by atoms with Gasteiger partial charge in [0.05, 0.1) is 6.04 Å². The van der Waals surface area contributed by atoms with Gasteiger partial charge in [0.25, 0.3) is 0 Å². The number of nitrogens with one attached hydrogen (secondary N) is 1. The number of amides is 1. The second kappa shape index (κ2) is 6.55. The van der Waals surface area contributed by atoms with Crippen LogP contribution in [0.3, 0.4) is 0 Å². The van der Waals surface area contributed by atoms with Crippen molar-refractivity contribution in [3.63, 3.8) is 0 Å². The highest BCUT2D eigenvalue weighted by molar-refractivity contribution is 14.1. The highest BCUT2D eigenvalue weighted by atomic mass is 127. The monoisotopic (exact) mass is 357 g/mol. The fraction of sp³-hybridized carbons (Fsp3) is 0.533. The van der Waals surface area contributed by atoms with Crippen LogP contribution in [0, 0.1) is 9.49 Å². The molecule has 0 radical (unpaired) electrons. The smallest absolute Gasteiger partial charge is 0.223 e. The van der Waals surface area contributed by atoms with Gasteiger partial charge < -0.3 is 5.32 Å². The second-order valence-corrected chi connectivity index (χ2v) is 6.36. The van der Waals surface area contributed by atoms with Crippen LogP contribution in [0.25, 0.3) is 0 Å². The zero-order chi connectivity index (χ0) is 13.0. The number of halogens is 1. The molecule has 0 spiro atoms. The minimum absolute atomic E-state index is 0.108. The third-order valence-electron chi connectivity index (χ3n) is 3.70. The molecule has 1 aromatic rings. The molecule has 1 aromatic carbocycles. The molecule has 0 aromatic heterocycles. The van der Waals surface area contributed by atoms with Crippen molar-refractivity contribution < 1.29 is 4.79 Å². The van der Waals surface area contributed by atoms with Crippen LogP contribution in [0.5, 0.6) is 0 Å². The predicted molar refractivity (Wildman–Crippen MR) is 82.3 cm³/mol. The van der Waals surface area contributed by atoms with Crippen molar-refractivity contribution in [3.8, 4) is 0 Å². The van der Waals surface area contributed by atoms with Crippen LogP contribution in [-0.4, -0.2) is 5.91 Å². The van der Waals surface area contributed by atoms with Gasteiger partial charge in [-0.05, 0) is 60.1 Å². The van der Waals surface area contributed by atoms with Gasteiger partial charge in [-0.3, -0.25) is 4.79 Å². The molecule has 0 saturated heterocycles. The molecule has 1 amide bonds. The molecule has 3 heteroatoms. The molecule has 2 nitrogen and oxygen atoms in total. The lowest BCUT2D eigenvalue weighted by Crippen LogP contribution is -2.33. The van der Waals surface area contributed by atoms with E-state index < -0.39 is 0 Å². The lowest BCUT2D eigenvalue weighted by Gasteiger charge is -2.23. The van der Waals surface area contributed by atoms with Gasteiger partial charge in [-0.25, -0.2) is 0 Å². The molecule has 0 bridgehead atoms. The Labute approximate surface area is 123 Å². The van der Waals surface area contributed by atoms with E-state index in [4.69, 9.17) is 0 Å². The number of benzene rings is 1. The van der Waals surface area contributed by atoms with Crippen LogP contribution in [0.2, 0.25) is 0 Å². The van der Waals surface area contributed by atoms with Gasteiger partial charge >= 0.3 is 0 Å². The number of hydrogen-bond donors (Lipinski definition) is 1. The van der Waals surface area contributed by atoms with E-state index in [0.29, 0.717) is 0 Å². The second-order valence-electron chi connectivity index (χ2n) is 5.12. The average molecular weight is 357 g/mol. The molecule has 98 valence electrons. The van der Waals surface area contributed by atoms with Crippen molar-refractivity contribution in [2.24, 2.45) is 5.92 Å². The van der Waals surface area contributed by atoms with Crippen LogP contribution in [-0.2, 0) is 4.79 Å². The number of hydrogen-bond acceptors (Lipinski definition) is 1. The molecule has 1 aliphatic carbocycles. The summed E-state index contributed by atoms with van der Waals surface area (Å²) in [6.07, 6.45) is 5.82. The Hall–Kier alpha value is -0.580. The summed E-state index contributed by atoms with van der Waals surface area (Å²) >= 11 is 2.29. The van der Waals surface area contributed by atoms with E-state index in [1.807, 2.05) is 0 Å². The molecular weight excluding hydrogens is 337 g/mol. The minimum atomic E-state index is 0.108. The van der Waals surface area contributed by atoms with Crippen LogP contribution >= 0.6 is 22.6 Å². The van der Waals surface area contributed by atoms with E-state index in [1.54, 1.807) is 0 Å². The molecule has 1 aliphatic rings. The van der Waals surface area contributed by atoms with Crippen molar-refractivity contribution in [1.29, 1.82) is 0 Å². The SMILES string of the molecule is CC(NC(=O)C1CCCCC1)c1ccc(I)cc1. The van der Waals surface area contributed by atoms with E-state index in [0.717, 1.165) is 12.8 Å². The van der Waals surface area contributed by atoms with Crippen molar-refractivity contribution in [2.75, 3.05) is 0 Å². The molecule has 1 unspecified atom stereocenters. The number of carbonyl (C=O) groups is 1. The van der Waals surface area contributed by atoms with Crippen LogP contribution < -0.4 is 5.32 Å². The minimum Gasteiger partial charge on any atom is -0.349 e. The summed E-state index contributed by atoms with van der Waals surface area (Å²) in [7, 11) is 0. The fourth-order valence-corrected chi connectivity index (χ4v) is 2.89. The summed E-state index contributed by atoms with van der Waals surface area (Å²) in [5.74, 6) is 0.478. The maximum atomic E-state index is 12.1. The van der Waals surface area contributed by atoms with E-state index in [9.17, 15) is 4.79 Å². The zero-order valence-electron chi connectivity index (χ0n) is 10.8. The van der Waals surface area contributed by atoms with Crippen molar-refractivity contribution >= 4 is 28.5 Å². The van der Waals surface area contributed by atoms with Gasteiger partial charge in [0.1, 0.15) is 0 Å². The number of carbonyl (C=O) groups excluding carboxylic acids is 1. The topological polar surface area (TPSA) is 29.1 Å². The van der Waals surface area contributed by atoms with Crippen molar-refractivity contribution in [1.82, 2.24) is 5.32 Å². The standard InChI is InChI=1S/C15H20INO/c1-11(12-7-9-14(16)10-8-12)17-15(18)13-5-3-2-4-6-13/h7-11,13H,2-6H2,1H3,(H,17,18). The fourth-order valence-electron chi connectivity index (χ4n) is 2.53.